The third-order valence-electron chi connectivity index (χ3n) is 2.08. The lowest BCUT2D eigenvalue weighted by Gasteiger charge is -2.20. The Morgan fingerprint density at radius 2 is 1.86 bits per heavy atom. The number of nitrogens with one attached hydrogen (secondary N) is 1. The van der Waals surface area contributed by atoms with Gasteiger partial charge in [-0.25, -0.2) is 0 Å². The van der Waals surface area contributed by atoms with Crippen LogP contribution in [0.15, 0.2) is 0 Å². The van der Waals surface area contributed by atoms with Crippen LogP contribution in [0.1, 0.15) is 27.7 Å². The van der Waals surface area contributed by atoms with Crippen molar-refractivity contribution < 1.29 is 4.74 Å². The molecule has 0 aliphatic rings. The Hall–Kier alpha value is 0.400. The van der Waals surface area contributed by atoms with E-state index >= 15 is 0 Å². The van der Waals surface area contributed by atoms with Gasteiger partial charge < -0.3 is 10.1 Å². The molecule has 0 aliphatic carbocycles. The van der Waals surface area contributed by atoms with Crippen molar-refractivity contribution >= 4 is 15.9 Å². The maximum absolute atomic E-state index is 5.49. The second-order valence-electron chi connectivity index (χ2n) is 4.43. The molecule has 0 rings (SSSR count). The lowest BCUT2D eigenvalue weighted by atomic mass is 10.1. The van der Waals surface area contributed by atoms with E-state index in [0.29, 0.717) is 17.9 Å². The summed E-state index contributed by atoms with van der Waals surface area (Å²) >= 11 is 3.51. The van der Waals surface area contributed by atoms with Crippen molar-refractivity contribution in [1.29, 1.82) is 0 Å². The molecule has 86 valence electrons. The molecule has 0 aromatic rings. The first-order chi connectivity index (χ1) is 6.57. The molecule has 2 nitrogen and oxygen atoms in total. The molecule has 1 N–H and O–H groups in total. The summed E-state index contributed by atoms with van der Waals surface area (Å²) in [7, 11) is 0. The maximum Gasteiger partial charge on any atom is 0.0591 e. The van der Waals surface area contributed by atoms with Crippen LogP contribution in [-0.4, -0.2) is 31.1 Å². The van der Waals surface area contributed by atoms with Gasteiger partial charge in [0.25, 0.3) is 0 Å². The second-order valence-corrected chi connectivity index (χ2v) is 5.08. The van der Waals surface area contributed by atoms with Gasteiger partial charge in [-0.1, -0.05) is 43.6 Å². The Morgan fingerprint density at radius 1 is 1.21 bits per heavy atom. The molecule has 3 heteroatoms. The van der Waals surface area contributed by atoms with Crippen LogP contribution in [0, 0.1) is 11.8 Å². The maximum atomic E-state index is 5.49. The van der Waals surface area contributed by atoms with E-state index in [-0.39, 0.29) is 0 Å². The van der Waals surface area contributed by atoms with E-state index in [4.69, 9.17) is 4.74 Å². The van der Waals surface area contributed by atoms with Gasteiger partial charge in [0, 0.05) is 24.5 Å². The molecule has 0 fully saturated rings. The van der Waals surface area contributed by atoms with E-state index in [1.54, 1.807) is 0 Å². The van der Waals surface area contributed by atoms with E-state index < -0.39 is 0 Å². The zero-order chi connectivity index (χ0) is 11.0. The monoisotopic (exact) mass is 265 g/mol. The van der Waals surface area contributed by atoms with Crippen LogP contribution in [0.4, 0.5) is 0 Å². The number of halogens is 1. The topological polar surface area (TPSA) is 21.3 Å². The molecule has 0 aromatic heterocycles. The summed E-state index contributed by atoms with van der Waals surface area (Å²) in [5.74, 6) is 1.30. The summed E-state index contributed by atoms with van der Waals surface area (Å²) in [6, 6.07) is 0.553. The summed E-state index contributed by atoms with van der Waals surface area (Å²) in [4.78, 5) is 0. The van der Waals surface area contributed by atoms with Crippen LogP contribution < -0.4 is 5.32 Å². The van der Waals surface area contributed by atoms with Gasteiger partial charge in [-0.15, -0.1) is 0 Å². The fraction of sp³-hybridized carbons (Fsp3) is 1.00. The fourth-order valence-corrected chi connectivity index (χ4v) is 2.08. The number of hydrogen-bond acceptors (Lipinski definition) is 2. The standard InChI is InChI=1S/C11H24BrNO/c1-9(2)8-14-6-5-13-11(7-12)10(3)4/h9-11,13H,5-8H2,1-4H3. The zero-order valence-corrected chi connectivity index (χ0v) is 11.4. The Morgan fingerprint density at radius 3 is 2.29 bits per heavy atom. The molecule has 1 unspecified atom stereocenters. The fourth-order valence-electron chi connectivity index (χ4n) is 1.10. The van der Waals surface area contributed by atoms with Gasteiger partial charge >= 0.3 is 0 Å². The minimum absolute atomic E-state index is 0.553. The first-order valence-corrected chi connectivity index (χ1v) is 6.57. The Bertz CT molecular complexity index is 128. The van der Waals surface area contributed by atoms with Crippen molar-refractivity contribution in [1.82, 2.24) is 5.32 Å². The zero-order valence-electron chi connectivity index (χ0n) is 9.85. The third-order valence-corrected chi connectivity index (χ3v) is 2.77. The highest BCUT2D eigenvalue weighted by Crippen LogP contribution is 2.04. The molecule has 0 spiro atoms. The third kappa shape index (κ3) is 7.77. The predicted octanol–water partition coefficient (Wildman–Crippen LogP) is 2.67. The second kappa shape index (κ2) is 8.69. The Kier molecular flexibility index (Phi) is 8.94. The number of hydrogen-bond donors (Lipinski definition) is 1. The van der Waals surface area contributed by atoms with Crippen LogP contribution in [-0.2, 0) is 4.74 Å². The molecule has 0 saturated heterocycles. The number of alkyl halides is 1. The van der Waals surface area contributed by atoms with E-state index in [2.05, 4.69) is 48.9 Å². The van der Waals surface area contributed by atoms with Crippen molar-refractivity contribution in [3.05, 3.63) is 0 Å². The lowest BCUT2D eigenvalue weighted by molar-refractivity contribution is 0.109. The molecule has 0 aliphatic heterocycles. The summed E-state index contributed by atoms with van der Waals surface area (Å²) in [6.07, 6.45) is 0. The number of rotatable bonds is 8. The van der Waals surface area contributed by atoms with Crippen molar-refractivity contribution in [3.8, 4) is 0 Å². The molecular formula is C11H24BrNO. The van der Waals surface area contributed by atoms with E-state index in [0.717, 1.165) is 25.1 Å². The van der Waals surface area contributed by atoms with Gasteiger partial charge in [-0.3, -0.25) is 0 Å². The van der Waals surface area contributed by atoms with E-state index in [1.807, 2.05) is 0 Å². The summed E-state index contributed by atoms with van der Waals surface area (Å²) in [5, 5.41) is 4.48. The minimum Gasteiger partial charge on any atom is -0.380 e. The normalized spacial score (nSPS) is 13.9. The quantitative estimate of drug-likeness (QED) is 0.538. The van der Waals surface area contributed by atoms with Crippen molar-refractivity contribution in [2.75, 3.05) is 25.1 Å². The van der Waals surface area contributed by atoms with Crippen LogP contribution >= 0.6 is 15.9 Å². The van der Waals surface area contributed by atoms with Crippen molar-refractivity contribution in [2.24, 2.45) is 11.8 Å². The number of ether oxygens (including phenoxy) is 1. The molecule has 1 atom stereocenters. The molecule has 0 bridgehead atoms. The van der Waals surface area contributed by atoms with Crippen LogP contribution in [0.5, 0.6) is 0 Å². The van der Waals surface area contributed by atoms with Crippen LogP contribution in [0.25, 0.3) is 0 Å². The molecule has 0 saturated carbocycles. The summed E-state index contributed by atoms with van der Waals surface area (Å²) < 4.78 is 5.49. The molecule has 0 radical (unpaired) electrons. The molecule has 14 heavy (non-hydrogen) atoms. The molecular weight excluding hydrogens is 242 g/mol. The van der Waals surface area contributed by atoms with Crippen LogP contribution in [0.2, 0.25) is 0 Å². The highest BCUT2D eigenvalue weighted by atomic mass is 79.9. The first kappa shape index (κ1) is 14.4. The Balaban J connectivity index is 3.33. The average Bonchev–Trinajstić information content (AvgIpc) is 2.10. The van der Waals surface area contributed by atoms with Crippen molar-refractivity contribution in [3.63, 3.8) is 0 Å². The van der Waals surface area contributed by atoms with Gasteiger partial charge in [-0.2, -0.15) is 0 Å². The summed E-state index contributed by atoms with van der Waals surface area (Å²) in [6.45, 7) is 11.4. The molecule has 0 heterocycles. The van der Waals surface area contributed by atoms with Gasteiger partial charge in [-0.05, 0) is 11.8 Å². The van der Waals surface area contributed by atoms with Crippen LogP contribution in [0.3, 0.4) is 0 Å². The van der Waals surface area contributed by atoms with Crippen molar-refractivity contribution in [2.45, 2.75) is 33.7 Å². The Labute approximate surface area is 96.9 Å². The van der Waals surface area contributed by atoms with E-state index in [9.17, 15) is 0 Å². The first-order valence-electron chi connectivity index (χ1n) is 5.45. The molecule has 0 amide bonds. The van der Waals surface area contributed by atoms with Gasteiger partial charge in [0.2, 0.25) is 0 Å². The van der Waals surface area contributed by atoms with Gasteiger partial charge in [0.1, 0.15) is 0 Å². The van der Waals surface area contributed by atoms with E-state index in [1.165, 1.54) is 0 Å². The highest BCUT2D eigenvalue weighted by molar-refractivity contribution is 9.09. The molecule has 0 aromatic carbocycles. The average molecular weight is 266 g/mol. The largest absolute Gasteiger partial charge is 0.380 e. The lowest BCUT2D eigenvalue weighted by Crippen LogP contribution is -2.37. The SMILES string of the molecule is CC(C)COCCNC(CBr)C(C)C. The summed E-state index contributed by atoms with van der Waals surface area (Å²) in [5.41, 5.74) is 0. The van der Waals surface area contributed by atoms with Gasteiger partial charge in [0.15, 0.2) is 0 Å². The highest BCUT2D eigenvalue weighted by Gasteiger charge is 2.09. The predicted molar refractivity (Wildman–Crippen MR) is 66.1 cm³/mol. The van der Waals surface area contributed by atoms with Gasteiger partial charge in [0.05, 0.1) is 6.61 Å². The smallest absolute Gasteiger partial charge is 0.0591 e. The minimum atomic E-state index is 0.553.